The molecule has 0 saturated heterocycles. The molecule has 3 N–H and O–H groups in total. The van der Waals surface area contributed by atoms with E-state index in [1.165, 1.54) is 0 Å². The van der Waals surface area contributed by atoms with Gasteiger partial charge in [0.05, 0.1) is 5.56 Å². The van der Waals surface area contributed by atoms with Crippen LogP contribution in [0.4, 0.5) is 5.69 Å². The topological polar surface area (TPSA) is 55.1 Å². The summed E-state index contributed by atoms with van der Waals surface area (Å²) >= 11 is 5.76. The van der Waals surface area contributed by atoms with Crippen molar-refractivity contribution in [3.8, 4) is 0 Å². The minimum Gasteiger partial charge on any atom is -0.398 e. The van der Waals surface area contributed by atoms with Gasteiger partial charge in [-0.25, -0.2) is 0 Å². The molecule has 1 aromatic carbocycles. The third-order valence-electron chi connectivity index (χ3n) is 1.68. The highest BCUT2D eigenvalue weighted by Gasteiger charge is 2.10. The van der Waals surface area contributed by atoms with E-state index in [0.717, 1.165) is 0 Å². The van der Waals surface area contributed by atoms with E-state index in [-0.39, 0.29) is 11.9 Å². The van der Waals surface area contributed by atoms with Gasteiger partial charge >= 0.3 is 0 Å². The van der Waals surface area contributed by atoms with Crippen LogP contribution in [0.15, 0.2) is 18.2 Å². The van der Waals surface area contributed by atoms with Crippen LogP contribution < -0.4 is 11.1 Å². The molecule has 3 nitrogen and oxygen atoms in total. The fourth-order valence-corrected chi connectivity index (χ4v) is 1.24. The number of rotatable bonds is 2. The maximum Gasteiger partial charge on any atom is 0.253 e. The largest absolute Gasteiger partial charge is 0.398 e. The first-order chi connectivity index (χ1) is 6.50. The summed E-state index contributed by atoms with van der Waals surface area (Å²) < 4.78 is 0. The summed E-state index contributed by atoms with van der Waals surface area (Å²) in [6, 6.07) is 4.93. The van der Waals surface area contributed by atoms with Crippen LogP contribution in [0.25, 0.3) is 0 Å². The Morgan fingerprint density at radius 3 is 2.71 bits per heavy atom. The number of amides is 1. The van der Waals surface area contributed by atoms with Gasteiger partial charge in [-0.1, -0.05) is 11.6 Å². The number of benzene rings is 1. The molecule has 0 fully saturated rings. The first-order valence-corrected chi connectivity index (χ1v) is 4.74. The number of nitrogen functional groups attached to an aromatic ring is 1. The molecule has 0 radical (unpaired) electrons. The Labute approximate surface area is 88.2 Å². The summed E-state index contributed by atoms with van der Waals surface area (Å²) in [7, 11) is 0. The lowest BCUT2D eigenvalue weighted by Gasteiger charge is -2.10. The molecule has 14 heavy (non-hydrogen) atoms. The normalized spacial score (nSPS) is 10.3. The maximum atomic E-state index is 11.6. The maximum absolute atomic E-state index is 11.6. The molecule has 0 heterocycles. The van der Waals surface area contributed by atoms with E-state index in [4.69, 9.17) is 17.3 Å². The number of hydrogen-bond donors (Lipinski definition) is 2. The van der Waals surface area contributed by atoms with E-state index in [9.17, 15) is 4.79 Å². The highest BCUT2D eigenvalue weighted by atomic mass is 35.5. The number of nitrogens with two attached hydrogens (primary N) is 1. The van der Waals surface area contributed by atoms with E-state index in [1.807, 2.05) is 13.8 Å². The Morgan fingerprint density at radius 2 is 2.14 bits per heavy atom. The smallest absolute Gasteiger partial charge is 0.253 e. The molecule has 0 bridgehead atoms. The minimum atomic E-state index is -0.194. The van der Waals surface area contributed by atoms with E-state index in [0.29, 0.717) is 16.3 Å². The molecule has 0 unspecified atom stereocenters. The highest BCUT2D eigenvalue weighted by molar-refractivity contribution is 6.31. The molecule has 0 aliphatic carbocycles. The summed E-state index contributed by atoms with van der Waals surface area (Å²) in [5.41, 5.74) is 6.51. The van der Waals surface area contributed by atoms with Crippen LogP contribution in [0.3, 0.4) is 0 Å². The Bertz CT molecular complexity index is 350. The van der Waals surface area contributed by atoms with E-state index >= 15 is 0 Å². The molecule has 1 amide bonds. The first-order valence-electron chi connectivity index (χ1n) is 4.36. The molecule has 76 valence electrons. The summed E-state index contributed by atoms with van der Waals surface area (Å²) in [5, 5.41) is 3.26. The van der Waals surface area contributed by atoms with E-state index in [2.05, 4.69) is 5.32 Å². The minimum absolute atomic E-state index is 0.0841. The van der Waals surface area contributed by atoms with Crippen molar-refractivity contribution < 1.29 is 4.79 Å². The van der Waals surface area contributed by atoms with Crippen molar-refractivity contribution in [2.24, 2.45) is 0 Å². The third kappa shape index (κ3) is 2.64. The van der Waals surface area contributed by atoms with Crippen molar-refractivity contribution in [1.29, 1.82) is 0 Å². The van der Waals surface area contributed by atoms with Gasteiger partial charge < -0.3 is 11.1 Å². The van der Waals surface area contributed by atoms with Crippen molar-refractivity contribution in [2.75, 3.05) is 5.73 Å². The van der Waals surface area contributed by atoms with Gasteiger partial charge in [0.15, 0.2) is 0 Å². The van der Waals surface area contributed by atoms with Crippen LogP contribution in [-0.2, 0) is 0 Å². The zero-order chi connectivity index (χ0) is 10.7. The monoisotopic (exact) mass is 212 g/mol. The lowest BCUT2D eigenvalue weighted by Crippen LogP contribution is -2.30. The Hall–Kier alpha value is -1.22. The van der Waals surface area contributed by atoms with Crippen molar-refractivity contribution in [1.82, 2.24) is 5.32 Å². The van der Waals surface area contributed by atoms with Crippen LogP contribution in [-0.4, -0.2) is 11.9 Å². The number of anilines is 1. The van der Waals surface area contributed by atoms with Gasteiger partial charge in [0, 0.05) is 16.8 Å². The fraction of sp³-hybridized carbons (Fsp3) is 0.300. The molecule has 0 atom stereocenters. The Balaban J connectivity index is 2.94. The van der Waals surface area contributed by atoms with Crippen LogP contribution in [0.5, 0.6) is 0 Å². The van der Waals surface area contributed by atoms with Crippen molar-refractivity contribution in [3.63, 3.8) is 0 Å². The molecule has 1 rings (SSSR count). The summed E-state index contributed by atoms with van der Waals surface area (Å²) in [6.07, 6.45) is 0. The van der Waals surface area contributed by atoms with Crippen LogP contribution in [0.2, 0.25) is 5.02 Å². The van der Waals surface area contributed by atoms with Crippen molar-refractivity contribution >= 4 is 23.2 Å². The van der Waals surface area contributed by atoms with Gasteiger partial charge in [-0.15, -0.1) is 0 Å². The summed E-state index contributed by atoms with van der Waals surface area (Å²) in [4.78, 5) is 11.6. The van der Waals surface area contributed by atoms with E-state index in [1.54, 1.807) is 18.2 Å². The van der Waals surface area contributed by atoms with Crippen LogP contribution in [0, 0.1) is 0 Å². The Kier molecular flexibility index (Phi) is 3.36. The standard InChI is InChI=1S/C10H13ClN2O/c1-6(2)13-10(14)8-5-7(11)3-4-9(8)12/h3-6H,12H2,1-2H3,(H,13,14). The summed E-state index contributed by atoms with van der Waals surface area (Å²) in [5.74, 6) is -0.194. The van der Waals surface area contributed by atoms with Crippen LogP contribution >= 0.6 is 11.6 Å². The number of nitrogens with one attached hydrogen (secondary N) is 1. The fourth-order valence-electron chi connectivity index (χ4n) is 1.07. The van der Waals surface area contributed by atoms with Gasteiger partial charge in [-0.3, -0.25) is 4.79 Å². The molecule has 0 aliphatic heterocycles. The van der Waals surface area contributed by atoms with E-state index < -0.39 is 0 Å². The molecular weight excluding hydrogens is 200 g/mol. The number of halogens is 1. The van der Waals surface area contributed by atoms with Gasteiger partial charge in [-0.05, 0) is 32.0 Å². The van der Waals surface area contributed by atoms with Gasteiger partial charge in [-0.2, -0.15) is 0 Å². The molecular formula is C10H13ClN2O. The molecule has 4 heteroatoms. The zero-order valence-corrected chi connectivity index (χ0v) is 8.93. The third-order valence-corrected chi connectivity index (χ3v) is 1.91. The number of carbonyl (C=O) groups is 1. The average Bonchev–Trinajstić information content (AvgIpc) is 2.08. The second-order valence-corrected chi connectivity index (χ2v) is 3.80. The van der Waals surface area contributed by atoms with Crippen molar-refractivity contribution in [2.45, 2.75) is 19.9 Å². The lowest BCUT2D eigenvalue weighted by atomic mass is 10.1. The van der Waals surface area contributed by atoms with Crippen molar-refractivity contribution in [3.05, 3.63) is 28.8 Å². The average molecular weight is 213 g/mol. The zero-order valence-electron chi connectivity index (χ0n) is 8.17. The van der Waals surface area contributed by atoms with Gasteiger partial charge in [0.25, 0.3) is 5.91 Å². The molecule has 0 aromatic heterocycles. The second kappa shape index (κ2) is 4.33. The van der Waals surface area contributed by atoms with Crippen LogP contribution in [0.1, 0.15) is 24.2 Å². The molecule has 0 saturated carbocycles. The number of hydrogen-bond acceptors (Lipinski definition) is 2. The van der Waals surface area contributed by atoms with Gasteiger partial charge in [0.2, 0.25) is 0 Å². The predicted molar refractivity (Wildman–Crippen MR) is 58.5 cm³/mol. The first kappa shape index (κ1) is 10.9. The second-order valence-electron chi connectivity index (χ2n) is 3.36. The molecule has 0 spiro atoms. The van der Waals surface area contributed by atoms with Gasteiger partial charge in [0.1, 0.15) is 0 Å². The SMILES string of the molecule is CC(C)NC(=O)c1cc(Cl)ccc1N. The highest BCUT2D eigenvalue weighted by Crippen LogP contribution is 2.17. The summed E-state index contributed by atoms with van der Waals surface area (Å²) in [6.45, 7) is 3.78. The lowest BCUT2D eigenvalue weighted by molar-refractivity contribution is 0.0944. The predicted octanol–water partition coefficient (Wildman–Crippen LogP) is 2.06. The number of carbonyl (C=O) groups excluding carboxylic acids is 1. The Morgan fingerprint density at radius 1 is 1.50 bits per heavy atom. The quantitative estimate of drug-likeness (QED) is 0.738. The molecule has 0 aliphatic rings. The molecule has 1 aromatic rings.